The van der Waals surface area contributed by atoms with Crippen molar-refractivity contribution in [2.75, 3.05) is 4.90 Å². The molecule has 156 valence electrons. The number of anilines is 1. The molecule has 4 amide bonds. The van der Waals surface area contributed by atoms with Crippen molar-refractivity contribution in [3.05, 3.63) is 86.6 Å². The van der Waals surface area contributed by atoms with Crippen LogP contribution in [-0.2, 0) is 9.59 Å². The first-order valence-corrected chi connectivity index (χ1v) is 10.6. The van der Waals surface area contributed by atoms with Crippen LogP contribution < -0.4 is 10.2 Å². The monoisotopic (exact) mass is 497 g/mol. The fourth-order valence-electron chi connectivity index (χ4n) is 3.58. The summed E-state index contributed by atoms with van der Waals surface area (Å²) in [6.07, 6.45) is 1.52. The summed E-state index contributed by atoms with van der Waals surface area (Å²) in [6, 6.07) is 15.2. The van der Waals surface area contributed by atoms with E-state index in [-0.39, 0.29) is 5.57 Å². The van der Waals surface area contributed by atoms with Gasteiger partial charge in [0.25, 0.3) is 11.8 Å². The minimum absolute atomic E-state index is 0.115. The summed E-state index contributed by atoms with van der Waals surface area (Å²) in [6.45, 7) is 3.83. The van der Waals surface area contributed by atoms with E-state index in [2.05, 4.69) is 21.2 Å². The second-order valence-electron chi connectivity index (χ2n) is 7.08. The molecule has 31 heavy (non-hydrogen) atoms. The topological polar surface area (TPSA) is 71.4 Å². The molecule has 0 saturated carbocycles. The number of aromatic nitrogens is 1. The van der Waals surface area contributed by atoms with E-state index in [4.69, 9.17) is 11.6 Å². The van der Waals surface area contributed by atoms with Crippen molar-refractivity contribution in [3.63, 3.8) is 0 Å². The van der Waals surface area contributed by atoms with Crippen molar-refractivity contribution in [3.8, 4) is 5.69 Å². The highest BCUT2D eigenvalue weighted by atomic mass is 79.9. The van der Waals surface area contributed by atoms with Gasteiger partial charge in [0.05, 0.1) is 5.69 Å². The number of halogens is 2. The summed E-state index contributed by atoms with van der Waals surface area (Å²) < 4.78 is 2.71. The molecule has 2 aromatic carbocycles. The third-order valence-electron chi connectivity index (χ3n) is 5.02. The molecular weight excluding hydrogens is 482 g/mol. The molecule has 1 aliphatic heterocycles. The molecule has 8 heteroatoms. The summed E-state index contributed by atoms with van der Waals surface area (Å²) in [4.78, 5) is 38.9. The van der Waals surface area contributed by atoms with Crippen LogP contribution >= 0.6 is 27.5 Å². The average molecular weight is 499 g/mol. The molecule has 1 N–H and O–H groups in total. The molecule has 2 heterocycles. The van der Waals surface area contributed by atoms with Gasteiger partial charge in [0.2, 0.25) is 0 Å². The summed E-state index contributed by atoms with van der Waals surface area (Å²) in [5.74, 6) is -1.40. The molecule has 1 aliphatic rings. The predicted octanol–water partition coefficient (Wildman–Crippen LogP) is 5.18. The predicted molar refractivity (Wildman–Crippen MR) is 123 cm³/mol. The van der Waals surface area contributed by atoms with Crippen LogP contribution in [0.1, 0.15) is 17.0 Å². The van der Waals surface area contributed by atoms with Crippen molar-refractivity contribution in [2.24, 2.45) is 0 Å². The Balaban J connectivity index is 1.76. The summed E-state index contributed by atoms with van der Waals surface area (Å²) >= 11 is 9.33. The Morgan fingerprint density at radius 3 is 2.35 bits per heavy atom. The number of urea groups is 1. The van der Waals surface area contributed by atoms with Crippen LogP contribution in [0.25, 0.3) is 11.8 Å². The first-order valence-electron chi connectivity index (χ1n) is 9.38. The molecule has 0 aliphatic carbocycles. The number of hydrogen-bond donors (Lipinski definition) is 1. The highest BCUT2D eigenvalue weighted by Gasteiger charge is 2.37. The number of nitrogens with zero attached hydrogens (tertiary/aromatic N) is 2. The SMILES string of the molecule is Cc1cc(/C=C2/C(=O)NC(=O)N(c3cccc(Br)c3)C2=O)c(C)n1-c1ccc(Cl)cc1. The number of aryl methyl sites for hydroxylation is 1. The fraction of sp³-hybridized carbons (Fsp3) is 0.0870. The van der Waals surface area contributed by atoms with E-state index in [1.54, 1.807) is 36.4 Å². The lowest BCUT2D eigenvalue weighted by molar-refractivity contribution is -0.122. The molecule has 0 unspecified atom stereocenters. The van der Waals surface area contributed by atoms with E-state index in [0.29, 0.717) is 20.7 Å². The van der Waals surface area contributed by atoms with Gasteiger partial charge >= 0.3 is 6.03 Å². The molecule has 1 fully saturated rings. The average Bonchev–Trinajstić information content (AvgIpc) is 2.99. The van der Waals surface area contributed by atoms with Crippen LogP contribution in [0.15, 0.2) is 64.6 Å². The lowest BCUT2D eigenvalue weighted by Gasteiger charge is -2.26. The van der Waals surface area contributed by atoms with Gasteiger partial charge in [-0.3, -0.25) is 14.9 Å². The molecule has 4 rings (SSSR count). The van der Waals surface area contributed by atoms with Gasteiger partial charge in [-0.25, -0.2) is 9.69 Å². The minimum Gasteiger partial charge on any atom is -0.318 e. The molecule has 6 nitrogen and oxygen atoms in total. The number of imide groups is 2. The number of nitrogens with one attached hydrogen (secondary N) is 1. The van der Waals surface area contributed by atoms with Gasteiger partial charge in [0, 0.05) is 26.6 Å². The molecule has 1 saturated heterocycles. The normalized spacial score (nSPS) is 15.5. The highest BCUT2D eigenvalue weighted by molar-refractivity contribution is 9.10. The second-order valence-corrected chi connectivity index (χ2v) is 8.43. The number of amides is 4. The van der Waals surface area contributed by atoms with Crippen molar-refractivity contribution in [1.82, 2.24) is 9.88 Å². The van der Waals surface area contributed by atoms with E-state index in [0.717, 1.165) is 22.0 Å². The first-order chi connectivity index (χ1) is 14.8. The largest absolute Gasteiger partial charge is 0.335 e. The molecule has 1 aromatic heterocycles. The number of rotatable bonds is 3. The molecular formula is C23H17BrClN3O3. The lowest BCUT2D eigenvalue weighted by Crippen LogP contribution is -2.54. The van der Waals surface area contributed by atoms with Crippen LogP contribution in [0, 0.1) is 13.8 Å². The third kappa shape index (κ3) is 3.94. The number of benzene rings is 2. The maximum Gasteiger partial charge on any atom is 0.335 e. The quantitative estimate of drug-likeness (QED) is 0.400. The van der Waals surface area contributed by atoms with Crippen LogP contribution in [0.2, 0.25) is 5.02 Å². The van der Waals surface area contributed by atoms with Crippen LogP contribution in [-0.4, -0.2) is 22.4 Å². The standard InChI is InChI=1S/C23H17BrClN3O3/c1-13-10-15(14(2)27(13)18-8-6-17(25)7-9-18)11-20-21(29)26-23(31)28(22(20)30)19-5-3-4-16(24)12-19/h3-12H,1-2H3,(H,26,29,31)/b20-11-. The van der Waals surface area contributed by atoms with Gasteiger partial charge in [-0.2, -0.15) is 0 Å². The van der Waals surface area contributed by atoms with Gasteiger partial charge in [0.1, 0.15) is 5.57 Å². The Morgan fingerprint density at radius 1 is 0.968 bits per heavy atom. The number of hydrogen-bond acceptors (Lipinski definition) is 3. The Bertz CT molecular complexity index is 1260. The van der Waals surface area contributed by atoms with E-state index in [1.165, 1.54) is 6.08 Å². The van der Waals surface area contributed by atoms with Gasteiger partial charge < -0.3 is 4.57 Å². The third-order valence-corrected chi connectivity index (χ3v) is 5.77. The second kappa shape index (κ2) is 8.17. The van der Waals surface area contributed by atoms with Crippen molar-refractivity contribution < 1.29 is 14.4 Å². The van der Waals surface area contributed by atoms with Gasteiger partial charge in [-0.15, -0.1) is 0 Å². The Kier molecular flexibility index (Phi) is 5.56. The Morgan fingerprint density at radius 2 is 1.68 bits per heavy atom. The molecule has 0 bridgehead atoms. The van der Waals surface area contributed by atoms with Crippen LogP contribution in [0.4, 0.5) is 10.5 Å². The molecule has 0 radical (unpaired) electrons. The maximum atomic E-state index is 13.1. The van der Waals surface area contributed by atoms with Gasteiger partial charge in [-0.1, -0.05) is 33.6 Å². The number of barbiturate groups is 1. The number of carbonyl (C=O) groups is 3. The summed E-state index contributed by atoms with van der Waals surface area (Å²) in [7, 11) is 0. The molecule has 3 aromatic rings. The minimum atomic E-state index is -0.781. The Hall–Kier alpha value is -3.16. The highest BCUT2D eigenvalue weighted by Crippen LogP contribution is 2.27. The first kappa shape index (κ1) is 21.1. The molecule has 0 spiro atoms. The molecule has 0 atom stereocenters. The zero-order chi connectivity index (χ0) is 22.3. The maximum absolute atomic E-state index is 13.1. The van der Waals surface area contributed by atoms with E-state index in [9.17, 15) is 14.4 Å². The van der Waals surface area contributed by atoms with Gasteiger partial charge in [0.15, 0.2) is 0 Å². The number of carbonyl (C=O) groups excluding carboxylic acids is 3. The van der Waals surface area contributed by atoms with Crippen LogP contribution in [0.3, 0.4) is 0 Å². The fourth-order valence-corrected chi connectivity index (χ4v) is 4.10. The van der Waals surface area contributed by atoms with E-state index in [1.807, 2.05) is 36.6 Å². The smallest absolute Gasteiger partial charge is 0.318 e. The van der Waals surface area contributed by atoms with Crippen LogP contribution in [0.5, 0.6) is 0 Å². The Labute approximate surface area is 192 Å². The van der Waals surface area contributed by atoms with Crippen molar-refractivity contribution in [2.45, 2.75) is 13.8 Å². The van der Waals surface area contributed by atoms with Gasteiger partial charge in [-0.05, 0) is 74.0 Å². The van der Waals surface area contributed by atoms with Crippen molar-refractivity contribution in [1.29, 1.82) is 0 Å². The summed E-state index contributed by atoms with van der Waals surface area (Å²) in [5, 5.41) is 2.88. The zero-order valence-corrected chi connectivity index (χ0v) is 19.0. The summed E-state index contributed by atoms with van der Waals surface area (Å²) in [5.41, 5.74) is 3.64. The van der Waals surface area contributed by atoms with E-state index < -0.39 is 17.8 Å². The van der Waals surface area contributed by atoms with Crippen molar-refractivity contribution >= 4 is 57.1 Å². The van der Waals surface area contributed by atoms with E-state index >= 15 is 0 Å². The zero-order valence-electron chi connectivity index (χ0n) is 16.6. The lowest BCUT2D eigenvalue weighted by atomic mass is 10.1.